The van der Waals surface area contributed by atoms with E-state index >= 15 is 0 Å². The van der Waals surface area contributed by atoms with Gasteiger partial charge >= 0.3 is 0 Å². The fourth-order valence-electron chi connectivity index (χ4n) is 2.48. The van der Waals surface area contributed by atoms with Gasteiger partial charge in [0.2, 0.25) is 0 Å². The van der Waals surface area contributed by atoms with Crippen molar-refractivity contribution in [2.24, 2.45) is 4.99 Å². The van der Waals surface area contributed by atoms with Crippen molar-refractivity contribution in [1.82, 2.24) is 15.6 Å². The van der Waals surface area contributed by atoms with Crippen molar-refractivity contribution in [2.75, 3.05) is 13.6 Å². The van der Waals surface area contributed by atoms with Crippen molar-refractivity contribution in [2.45, 2.75) is 65.3 Å². The zero-order chi connectivity index (χ0) is 16.2. The summed E-state index contributed by atoms with van der Waals surface area (Å²) in [5, 5.41) is 6.87. The van der Waals surface area contributed by atoms with Crippen LogP contribution < -0.4 is 10.6 Å². The fourth-order valence-corrected chi connectivity index (χ4v) is 2.48. The van der Waals surface area contributed by atoms with Gasteiger partial charge in [0.05, 0.1) is 0 Å². The molecule has 0 aliphatic heterocycles. The third-order valence-corrected chi connectivity index (χ3v) is 3.92. The van der Waals surface area contributed by atoms with Crippen molar-refractivity contribution in [3.05, 3.63) is 29.6 Å². The largest absolute Gasteiger partial charge is 0.356 e. The maximum Gasteiger partial charge on any atom is 0.191 e. The zero-order valence-corrected chi connectivity index (χ0v) is 14.7. The van der Waals surface area contributed by atoms with Gasteiger partial charge in [-0.15, -0.1) is 0 Å². The molecule has 0 aromatic carbocycles. The lowest BCUT2D eigenvalue weighted by Crippen LogP contribution is -2.42. The van der Waals surface area contributed by atoms with Gasteiger partial charge in [0.1, 0.15) is 0 Å². The molecule has 0 amide bonds. The highest BCUT2D eigenvalue weighted by molar-refractivity contribution is 5.79. The van der Waals surface area contributed by atoms with E-state index in [0.29, 0.717) is 6.04 Å². The minimum atomic E-state index is 0.464. The first kappa shape index (κ1) is 18.5. The number of pyridine rings is 1. The number of unbranched alkanes of at least 4 members (excludes halogenated alkanes) is 3. The van der Waals surface area contributed by atoms with E-state index in [1.807, 2.05) is 19.4 Å². The van der Waals surface area contributed by atoms with Gasteiger partial charge in [-0.1, -0.05) is 32.6 Å². The van der Waals surface area contributed by atoms with E-state index in [1.54, 1.807) is 0 Å². The maximum atomic E-state index is 4.31. The summed E-state index contributed by atoms with van der Waals surface area (Å²) in [6, 6.07) is 2.55. The third kappa shape index (κ3) is 7.43. The van der Waals surface area contributed by atoms with Gasteiger partial charge in [0, 0.05) is 32.0 Å². The molecule has 0 spiro atoms. The Morgan fingerprint density at radius 1 is 1.32 bits per heavy atom. The number of guanidine groups is 1. The number of aliphatic imine (C=N–C) groups is 1. The van der Waals surface area contributed by atoms with Crippen LogP contribution in [0.5, 0.6) is 0 Å². The lowest BCUT2D eigenvalue weighted by molar-refractivity contribution is 0.537. The molecule has 0 saturated heterocycles. The van der Waals surface area contributed by atoms with Crippen LogP contribution in [0, 0.1) is 6.92 Å². The Hall–Kier alpha value is -1.58. The second-order valence-electron chi connectivity index (χ2n) is 5.95. The predicted molar refractivity (Wildman–Crippen MR) is 95.4 cm³/mol. The lowest BCUT2D eigenvalue weighted by Gasteiger charge is -2.18. The first-order valence-electron chi connectivity index (χ1n) is 8.54. The van der Waals surface area contributed by atoms with E-state index in [9.17, 15) is 0 Å². The van der Waals surface area contributed by atoms with Crippen LogP contribution in [0.1, 0.15) is 57.1 Å². The smallest absolute Gasteiger partial charge is 0.191 e. The monoisotopic (exact) mass is 304 g/mol. The van der Waals surface area contributed by atoms with Gasteiger partial charge in [0.15, 0.2) is 5.96 Å². The molecule has 4 nitrogen and oxygen atoms in total. The Bertz CT molecular complexity index is 442. The first-order valence-corrected chi connectivity index (χ1v) is 8.54. The number of nitrogens with one attached hydrogen (secondary N) is 2. The van der Waals surface area contributed by atoms with Gasteiger partial charge in [-0.05, 0) is 43.9 Å². The molecule has 0 aliphatic rings. The van der Waals surface area contributed by atoms with Gasteiger partial charge in [-0.3, -0.25) is 9.98 Å². The number of nitrogens with zero attached hydrogens (tertiary/aromatic N) is 2. The van der Waals surface area contributed by atoms with E-state index in [0.717, 1.165) is 18.9 Å². The van der Waals surface area contributed by atoms with Crippen LogP contribution in [0.3, 0.4) is 0 Å². The SMILES string of the molecule is CCCCCCC(C)NC(=NC)NCCc1ccncc1C. The van der Waals surface area contributed by atoms with Crippen molar-refractivity contribution >= 4 is 5.96 Å². The Morgan fingerprint density at radius 2 is 2.14 bits per heavy atom. The summed E-state index contributed by atoms with van der Waals surface area (Å²) in [7, 11) is 1.83. The first-order chi connectivity index (χ1) is 10.7. The minimum absolute atomic E-state index is 0.464. The molecule has 124 valence electrons. The predicted octanol–water partition coefficient (Wildman–Crippen LogP) is 3.46. The van der Waals surface area contributed by atoms with Gasteiger partial charge in [0.25, 0.3) is 0 Å². The number of rotatable bonds is 9. The molecule has 4 heteroatoms. The number of hydrogen-bond acceptors (Lipinski definition) is 2. The molecule has 1 unspecified atom stereocenters. The standard InChI is InChI=1S/C18H32N4/c1-5-6-7-8-9-16(3)22-18(19-4)21-13-11-17-10-12-20-14-15(17)2/h10,12,14,16H,5-9,11,13H2,1-4H3,(H2,19,21,22). The Balaban J connectivity index is 2.26. The van der Waals surface area contributed by atoms with Crippen LogP contribution in [0.4, 0.5) is 0 Å². The summed E-state index contributed by atoms with van der Waals surface area (Å²) in [6.07, 6.45) is 11.2. The van der Waals surface area contributed by atoms with Crippen molar-refractivity contribution in [3.8, 4) is 0 Å². The average molecular weight is 304 g/mol. The summed E-state index contributed by atoms with van der Waals surface area (Å²) < 4.78 is 0. The molecular formula is C18H32N4. The van der Waals surface area contributed by atoms with E-state index in [-0.39, 0.29) is 0 Å². The van der Waals surface area contributed by atoms with E-state index in [1.165, 1.54) is 43.2 Å². The Kier molecular flexibility index (Phi) is 9.28. The van der Waals surface area contributed by atoms with Crippen molar-refractivity contribution < 1.29 is 0 Å². The lowest BCUT2D eigenvalue weighted by atomic mass is 10.1. The van der Waals surface area contributed by atoms with E-state index in [2.05, 4.69) is 47.4 Å². The van der Waals surface area contributed by atoms with Crippen LogP contribution in [0.15, 0.2) is 23.5 Å². The topological polar surface area (TPSA) is 49.3 Å². The van der Waals surface area contributed by atoms with Gasteiger partial charge in [-0.25, -0.2) is 0 Å². The minimum Gasteiger partial charge on any atom is -0.356 e. The molecule has 0 saturated carbocycles. The van der Waals surface area contributed by atoms with Gasteiger partial charge < -0.3 is 10.6 Å². The Labute approximate surface area is 135 Å². The second kappa shape index (κ2) is 11.0. The second-order valence-corrected chi connectivity index (χ2v) is 5.95. The highest BCUT2D eigenvalue weighted by Gasteiger charge is 2.05. The number of hydrogen-bond donors (Lipinski definition) is 2. The molecule has 1 atom stereocenters. The Morgan fingerprint density at radius 3 is 2.82 bits per heavy atom. The van der Waals surface area contributed by atoms with Crippen LogP contribution in [-0.4, -0.2) is 30.6 Å². The molecular weight excluding hydrogens is 272 g/mol. The van der Waals surface area contributed by atoms with E-state index < -0.39 is 0 Å². The quantitative estimate of drug-likeness (QED) is 0.417. The summed E-state index contributed by atoms with van der Waals surface area (Å²) in [6.45, 7) is 7.46. The third-order valence-electron chi connectivity index (χ3n) is 3.92. The highest BCUT2D eigenvalue weighted by Crippen LogP contribution is 2.06. The molecule has 0 radical (unpaired) electrons. The molecule has 0 aliphatic carbocycles. The van der Waals surface area contributed by atoms with Crippen molar-refractivity contribution in [1.29, 1.82) is 0 Å². The molecule has 0 bridgehead atoms. The molecule has 1 aromatic rings. The maximum absolute atomic E-state index is 4.31. The number of aromatic nitrogens is 1. The molecule has 1 aromatic heterocycles. The van der Waals surface area contributed by atoms with Crippen molar-refractivity contribution in [3.63, 3.8) is 0 Å². The van der Waals surface area contributed by atoms with Gasteiger partial charge in [-0.2, -0.15) is 0 Å². The zero-order valence-electron chi connectivity index (χ0n) is 14.7. The molecule has 0 fully saturated rings. The average Bonchev–Trinajstić information content (AvgIpc) is 2.52. The summed E-state index contributed by atoms with van der Waals surface area (Å²) in [4.78, 5) is 8.44. The van der Waals surface area contributed by atoms with Crippen LogP contribution in [-0.2, 0) is 6.42 Å². The highest BCUT2D eigenvalue weighted by atomic mass is 15.2. The van der Waals surface area contributed by atoms with Crippen LogP contribution in [0.25, 0.3) is 0 Å². The number of aryl methyl sites for hydroxylation is 1. The summed E-state index contributed by atoms with van der Waals surface area (Å²) in [5.41, 5.74) is 2.59. The molecule has 2 N–H and O–H groups in total. The molecule has 22 heavy (non-hydrogen) atoms. The fraction of sp³-hybridized carbons (Fsp3) is 0.667. The summed E-state index contributed by atoms with van der Waals surface area (Å²) in [5.74, 6) is 0.898. The van der Waals surface area contributed by atoms with E-state index in [4.69, 9.17) is 0 Å². The normalized spacial score (nSPS) is 13.0. The molecule has 1 heterocycles. The molecule has 1 rings (SSSR count). The summed E-state index contributed by atoms with van der Waals surface area (Å²) >= 11 is 0. The van der Waals surface area contributed by atoms with Crippen LogP contribution in [0.2, 0.25) is 0 Å². The van der Waals surface area contributed by atoms with Crippen LogP contribution >= 0.6 is 0 Å².